The molecule has 2 rings (SSSR count). The van der Waals surface area contributed by atoms with Gasteiger partial charge in [0.05, 0.1) is 25.5 Å². The van der Waals surface area contributed by atoms with Crippen molar-refractivity contribution in [2.45, 2.75) is 11.4 Å². The summed E-state index contributed by atoms with van der Waals surface area (Å²) in [5.74, 6) is 0. The second-order valence-electron chi connectivity index (χ2n) is 4.69. The van der Waals surface area contributed by atoms with E-state index in [1.54, 1.807) is 0 Å². The van der Waals surface area contributed by atoms with Gasteiger partial charge in [0.2, 0.25) is 0 Å². The number of ether oxygens (including phenoxy) is 1. The van der Waals surface area contributed by atoms with Crippen LogP contribution in [0.5, 0.6) is 0 Å². The SMILES string of the molecule is N#CCCN(CCN1CCOCC1)S(=O)(=O)c1ccn[nH]1. The molecule has 1 saturated heterocycles. The molecule has 1 aliphatic rings. The molecule has 0 radical (unpaired) electrons. The summed E-state index contributed by atoms with van der Waals surface area (Å²) >= 11 is 0. The third-order valence-electron chi connectivity index (χ3n) is 3.34. The number of hydrogen-bond acceptors (Lipinski definition) is 6. The van der Waals surface area contributed by atoms with Crippen molar-refractivity contribution in [3.63, 3.8) is 0 Å². The fraction of sp³-hybridized carbons (Fsp3) is 0.667. The summed E-state index contributed by atoms with van der Waals surface area (Å²) in [6, 6.07) is 3.41. The molecule has 0 amide bonds. The first-order chi connectivity index (χ1) is 10.1. The molecular weight excluding hydrogens is 294 g/mol. The summed E-state index contributed by atoms with van der Waals surface area (Å²) in [7, 11) is -3.62. The molecule has 0 unspecified atom stereocenters. The van der Waals surface area contributed by atoms with Crippen molar-refractivity contribution in [3.05, 3.63) is 12.3 Å². The quantitative estimate of drug-likeness (QED) is 0.738. The highest BCUT2D eigenvalue weighted by atomic mass is 32.2. The van der Waals surface area contributed by atoms with E-state index in [0.717, 1.165) is 13.1 Å². The van der Waals surface area contributed by atoms with Gasteiger partial charge in [0.15, 0.2) is 5.03 Å². The zero-order valence-corrected chi connectivity index (χ0v) is 12.5. The highest BCUT2D eigenvalue weighted by Crippen LogP contribution is 2.13. The van der Waals surface area contributed by atoms with E-state index in [2.05, 4.69) is 15.1 Å². The Kier molecular flexibility index (Phi) is 5.69. The first-order valence-electron chi connectivity index (χ1n) is 6.81. The van der Waals surface area contributed by atoms with Gasteiger partial charge < -0.3 is 4.74 Å². The average molecular weight is 313 g/mol. The van der Waals surface area contributed by atoms with Gasteiger partial charge >= 0.3 is 0 Å². The van der Waals surface area contributed by atoms with Gasteiger partial charge in [0.1, 0.15) is 0 Å². The van der Waals surface area contributed by atoms with E-state index in [9.17, 15) is 8.42 Å². The Morgan fingerprint density at radius 2 is 2.19 bits per heavy atom. The van der Waals surface area contributed by atoms with Crippen LogP contribution < -0.4 is 0 Å². The van der Waals surface area contributed by atoms with Crippen LogP contribution in [0, 0.1) is 11.3 Å². The second-order valence-corrected chi connectivity index (χ2v) is 6.59. The van der Waals surface area contributed by atoms with Crippen molar-refractivity contribution in [1.82, 2.24) is 19.4 Å². The highest BCUT2D eigenvalue weighted by molar-refractivity contribution is 7.89. The summed E-state index contributed by atoms with van der Waals surface area (Å²) in [4.78, 5) is 2.16. The maximum Gasteiger partial charge on any atom is 0.260 e. The van der Waals surface area contributed by atoms with Crippen LogP contribution in [0.2, 0.25) is 0 Å². The Morgan fingerprint density at radius 1 is 1.43 bits per heavy atom. The number of aromatic amines is 1. The maximum atomic E-state index is 12.5. The molecule has 1 aromatic rings. The fourth-order valence-electron chi connectivity index (χ4n) is 2.13. The smallest absolute Gasteiger partial charge is 0.260 e. The minimum atomic E-state index is -3.62. The second kappa shape index (κ2) is 7.51. The third-order valence-corrected chi connectivity index (χ3v) is 5.16. The lowest BCUT2D eigenvalue weighted by Crippen LogP contribution is -2.43. The van der Waals surface area contributed by atoms with E-state index in [4.69, 9.17) is 10.00 Å². The molecule has 0 aromatic carbocycles. The van der Waals surface area contributed by atoms with Crippen LogP contribution >= 0.6 is 0 Å². The standard InChI is InChI=1S/C12H19N5O3S/c13-3-1-5-17(7-6-16-8-10-20-11-9-16)21(18,19)12-2-4-14-15-12/h2,4H,1,5-11H2,(H,14,15). The van der Waals surface area contributed by atoms with E-state index in [0.29, 0.717) is 26.3 Å². The highest BCUT2D eigenvalue weighted by Gasteiger charge is 2.26. The van der Waals surface area contributed by atoms with Crippen molar-refractivity contribution < 1.29 is 13.2 Å². The molecular formula is C12H19N5O3S. The molecule has 21 heavy (non-hydrogen) atoms. The van der Waals surface area contributed by atoms with E-state index in [1.165, 1.54) is 16.6 Å². The number of rotatable bonds is 7. The van der Waals surface area contributed by atoms with Gasteiger partial charge in [-0.15, -0.1) is 0 Å². The minimum Gasteiger partial charge on any atom is -0.379 e. The first-order valence-corrected chi connectivity index (χ1v) is 8.25. The van der Waals surface area contributed by atoms with E-state index >= 15 is 0 Å². The maximum absolute atomic E-state index is 12.5. The molecule has 0 spiro atoms. The molecule has 0 saturated carbocycles. The van der Waals surface area contributed by atoms with Crippen LogP contribution in [0.15, 0.2) is 17.3 Å². The molecule has 1 aromatic heterocycles. The number of H-pyrrole nitrogens is 1. The molecule has 0 bridgehead atoms. The van der Waals surface area contributed by atoms with Crippen LogP contribution in [-0.2, 0) is 14.8 Å². The number of morpholine rings is 1. The van der Waals surface area contributed by atoms with Crippen LogP contribution in [0.25, 0.3) is 0 Å². The van der Waals surface area contributed by atoms with Crippen molar-refractivity contribution in [2.24, 2.45) is 0 Å². The predicted octanol–water partition coefficient (Wildman–Crippen LogP) is -0.354. The van der Waals surface area contributed by atoms with Crippen LogP contribution in [0.3, 0.4) is 0 Å². The van der Waals surface area contributed by atoms with E-state index in [1.807, 2.05) is 6.07 Å². The number of sulfonamides is 1. The lowest BCUT2D eigenvalue weighted by molar-refractivity contribution is 0.0363. The van der Waals surface area contributed by atoms with Crippen molar-refractivity contribution in [1.29, 1.82) is 5.26 Å². The van der Waals surface area contributed by atoms with E-state index in [-0.39, 0.29) is 18.0 Å². The zero-order chi connectivity index (χ0) is 15.1. The summed E-state index contributed by atoms with van der Waals surface area (Å²) in [5.41, 5.74) is 0. The number of nitrogens with zero attached hydrogens (tertiary/aromatic N) is 4. The van der Waals surface area contributed by atoms with E-state index < -0.39 is 10.0 Å². The molecule has 0 atom stereocenters. The van der Waals surface area contributed by atoms with Crippen LogP contribution in [-0.4, -0.2) is 73.8 Å². The Labute approximate surface area is 124 Å². The van der Waals surface area contributed by atoms with Gasteiger partial charge in [0, 0.05) is 39.1 Å². The molecule has 116 valence electrons. The third kappa shape index (κ3) is 4.25. The van der Waals surface area contributed by atoms with Gasteiger partial charge in [-0.2, -0.15) is 14.7 Å². The van der Waals surface area contributed by atoms with Crippen molar-refractivity contribution in [2.75, 3.05) is 45.9 Å². The summed E-state index contributed by atoms with van der Waals surface area (Å²) in [5, 5.41) is 14.9. The molecule has 0 aliphatic carbocycles. The molecule has 1 aliphatic heterocycles. The van der Waals surface area contributed by atoms with Crippen molar-refractivity contribution >= 4 is 10.0 Å². The summed E-state index contributed by atoms with van der Waals surface area (Å²) in [6.07, 6.45) is 1.56. The number of hydrogen-bond donors (Lipinski definition) is 1. The summed E-state index contributed by atoms with van der Waals surface area (Å²) < 4.78 is 31.5. The molecule has 8 nitrogen and oxygen atoms in total. The first kappa shape index (κ1) is 15.9. The number of nitriles is 1. The average Bonchev–Trinajstić information content (AvgIpc) is 3.03. The molecule has 2 heterocycles. The Morgan fingerprint density at radius 3 is 2.81 bits per heavy atom. The molecule has 1 N–H and O–H groups in total. The monoisotopic (exact) mass is 313 g/mol. The molecule has 1 fully saturated rings. The normalized spacial score (nSPS) is 17.0. The molecule has 9 heteroatoms. The topological polar surface area (TPSA) is 102 Å². The Balaban J connectivity index is 2.02. The van der Waals surface area contributed by atoms with Gasteiger partial charge in [-0.3, -0.25) is 10.00 Å². The van der Waals surface area contributed by atoms with Crippen LogP contribution in [0.1, 0.15) is 6.42 Å². The van der Waals surface area contributed by atoms with Crippen molar-refractivity contribution in [3.8, 4) is 6.07 Å². The Hall–Kier alpha value is -1.47. The number of nitrogens with one attached hydrogen (secondary N) is 1. The minimum absolute atomic E-state index is 0.0578. The largest absolute Gasteiger partial charge is 0.379 e. The Bertz CT molecular complexity index is 560. The predicted molar refractivity (Wildman–Crippen MR) is 74.8 cm³/mol. The van der Waals surface area contributed by atoms with Crippen LogP contribution in [0.4, 0.5) is 0 Å². The van der Waals surface area contributed by atoms with Gasteiger partial charge in [-0.05, 0) is 6.07 Å². The summed E-state index contributed by atoms with van der Waals surface area (Å²) in [6.45, 7) is 4.11. The lowest BCUT2D eigenvalue weighted by Gasteiger charge is -2.29. The number of aromatic nitrogens is 2. The fourth-order valence-corrected chi connectivity index (χ4v) is 3.46. The van der Waals surface area contributed by atoms with Gasteiger partial charge in [-0.1, -0.05) is 0 Å². The van der Waals surface area contributed by atoms with Gasteiger partial charge in [0.25, 0.3) is 10.0 Å². The van der Waals surface area contributed by atoms with Gasteiger partial charge in [-0.25, -0.2) is 8.42 Å². The lowest BCUT2D eigenvalue weighted by atomic mass is 10.4. The zero-order valence-electron chi connectivity index (χ0n) is 11.7.